The number of para-hydroxylation sites is 2. The molecule has 0 unspecified atom stereocenters. The molecule has 0 aliphatic carbocycles. The lowest BCUT2D eigenvalue weighted by Crippen LogP contribution is -2.12. The summed E-state index contributed by atoms with van der Waals surface area (Å²) in [5.41, 5.74) is 22.7. The van der Waals surface area contributed by atoms with Gasteiger partial charge in [-0.3, -0.25) is 16.3 Å². The zero-order valence-electron chi connectivity index (χ0n) is 82.8. The summed E-state index contributed by atoms with van der Waals surface area (Å²) in [7, 11) is 1.58. The minimum atomic E-state index is -0.594. The van der Waals surface area contributed by atoms with Crippen molar-refractivity contribution in [2.24, 2.45) is 15.3 Å². The lowest BCUT2D eigenvalue weighted by atomic mass is 9.94. The molecule has 0 bridgehead atoms. The van der Waals surface area contributed by atoms with Crippen molar-refractivity contribution in [3.8, 4) is 79.4 Å². The van der Waals surface area contributed by atoms with E-state index in [1.807, 2.05) is 152 Å². The van der Waals surface area contributed by atoms with Crippen LogP contribution in [0.1, 0.15) is 151 Å². The van der Waals surface area contributed by atoms with Gasteiger partial charge in [-0.25, -0.2) is 38.7 Å². The van der Waals surface area contributed by atoms with E-state index in [2.05, 4.69) is 136 Å². The maximum Gasteiger partial charge on any atom is 0.343 e. The molecule has 0 radical (unpaired) electrons. The first kappa shape index (κ1) is 107. The molecule has 754 valence electrons. The zero-order chi connectivity index (χ0) is 103. The minimum Gasteiger partial charge on any atom is -0.497 e. The molecule has 0 fully saturated rings. The molecule has 0 spiro atoms. The van der Waals surface area contributed by atoms with E-state index in [1.165, 1.54) is 29.2 Å². The van der Waals surface area contributed by atoms with E-state index in [0.29, 0.717) is 119 Å². The molecular formula is C121H116N8O17S2. The van der Waals surface area contributed by atoms with Crippen molar-refractivity contribution in [3.63, 3.8) is 0 Å². The molecule has 16 aromatic rings. The van der Waals surface area contributed by atoms with Gasteiger partial charge >= 0.3 is 35.8 Å². The number of aryl methyl sites for hydroxylation is 1. The van der Waals surface area contributed by atoms with Crippen molar-refractivity contribution < 1.29 is 80.9 Å². The van der Waals surface area contributed by atoms with Crippen LogP contribution in [0, 0.1) is 0 Å². The van der Waals surface area contributed by atoms with E-state index in [9.17, 15) is 28.8 Å². The Bertz CT molecular complexity index is 7180. The highest BCUT2D eigenvalue weighted by molar-refractivity contribution is 7.22. The number of nitrogens with one attached hydrogen (secondary N) is 3. The Balaban J connectivity index is 0.000000177. The number of hydrazone groups is 3. The largest absolute Gasteiger partial charge is 0.497 e. The summed E-state index contributed by atoms with van der Waals surface area (Å²) in [6.07, 6.45) is 21.4. The van der Waals surface area contributed by atoms with Gasteiger partial charge in [-0.1, -0.05) is 227 Å². The molecule has 25 nitrogen and oxygen atoms in total. The Morgan fingerprint density at radius 3 is 1.26 bits per heavy atom. The normalized spacial score (nSPS) is 11.0. The van der Waals surface area contributed by atoms with E-state index in [0.717, 1.165) is 188 Å². The second-order valence-electron chi connectivity index (χ2n) is 33.8. The van der Waals surface area contributed by atoms with Crippen molar-refractivity contribution in [2.45, 2.75) is 104 Å². The van der Waals surface area contributed by atoms with Gasteiger partial charge < -0.3 is 52.1 Å². The first-order valence-corrected chi connectivity index (χ1v) is 50.8. The second kappa shape index (κ2) is 56.8. The molecule has 14 aromatic carbocycles. The highest BCUT2D eigenvalue weighted by atomic mass is 32.1. The number of unbranched alkanes of at least 4 members (excludes halogenated alkanes) is 8. The molecule has 0 aliphatic rings. The van der Waals surface area contributed by atoms with Crippen LogP contribution in [-0.2, 0) is 35.0 Å². The van der Waals surface area contributed by atoms with Gasteiger partial charge in [0.25, 0.3) is 0 Å². The van der Waals surface area contributed by atoms with E-state index < -0.39 is 29.8 Å². The number of anilines is 3. The molecule has 0 amide bonds. The van der Waals surface area contributed by atoms with Crippen molar-refractivity contribution in [1.82, 2.24) is 9.97 Å². The number of nitrogens with zero attached hydrogens (tertiary/aromatic N) is 5. The smallest absolute Gasteiger partial charge is 0.343 e. The predicted molar refractivity (Wildman–Crippen MR) is 591 cm³/mol. The van der Waals surface area contributed by atoms with E-state index >= 15 is 0 Å². The average molecular weight is 2020 g/mol. The zero-order valence-corrected chi connectivity index (χ0v) is 84.4. The number of benzene rings is 14. The van der Waals surface area contributed by atoms with Crippen LogP contribution in [0.3, 0.4) is 0 Å². The third-order valence-corrected chi connectivity index (χ3v) is 25.1. The summed E-state index contributed by atoms with van der Waals surface area (Å²) >= 11 is 3.03. The summed E-state index contributed by atoms with van der Waals surface area (Å²) < 4.78 is 63.7. The van der Waals surface area contributed by atoms with Gasteiger partial charge in [-0.2, -0.15) is 15.3 Å². The van der Waals surface area contributed by atoms with E-state index in [-0.39, 0.29) is 17.5 Å². The van der Waals surface area contributed by atoms with Crippen LogP contribution >= 0.6 is 22.7 Å². The fraction of sp³-hybridized carbons (Fsp3) is 0.198. The number of aromatic nitrogens is 2. The molecular weight excluding hydrogens is 1900 g/mol. The van der Waals surface area contributed by atoms with Gasteiger partial charge in [0.15, 0.2) is 0 Å². The highest BCUT2D eigenvalue weighted by Crippen LogP contribution is 2.40. The van der Waals surface area contributed by atoms with Crippen LogP contribution in [0.4, 0.5) is 16.0 Å². The summed E-state index contributed by atoms with van der Waals surface area (Å²) in [4.78, 5) is 82.7. The Kier molecular flexibility index (Phi) is 40.9. The topological polar surface area (TPSA) is 303 Å². The lowest BCUT2D eigenvalue weighted by Gasteiger charge is -2.15. The first-order chi connectivity index (χ1) is 72.6. The first-order valence-electron chi connectivity index (χ1n) is 49.2. The average Bonchev–Trinajstić information content (AvgIpc) is 0.924. The number of methoxy groups -OCH3 is 1. The highest BCUT2D eigenvalue weighted by Gasteiger charge is 2.23. The number of carbonyl (C=O) groups excluding carboxylic acids is 6. The third kappa shape index (κ3) is 32.2. The summed E-state index contributed by atoms with van der Waals surface area (Å²) in [6.45, 7) is 17.9. The maximum absolute atomic E-state index is 13.7. The van der Waals surface area contributed by atoms with Crippen LogP contribution in [0.2, 0.25) is 0 Å². The number of carbonyl (C=O) groups is 6. The molecule has 0 atom stereocenters. The maximum atomic E-state index is 13.7. The fourth-order valence-corrected chi connectivity index (χ4v) is 17.1. The van der Waals surface area contributed by atoms with Crippen LogP contribution < -0.4 is 54.2 Å². The molecule has 27 heteroatoms. The van der Waals surface area contributed by atoms with Gasteiger partial charge in [0.1, 0.15) is 46.0 Å². The van der Waals surface area contributed by atoms with Crippen molar-refractivity contribution in [1.29, 1.82) is 0 Å². The Morgan fingerprint density at radius 1 is 0.338 bits per heavy atom. The molecule has 148 heavy (non-hydrogen) atoms. The number of thiazole rings is 2. The number of esters is 6. The number of fused-ring (bicyclic) bond motifs is 4. The number of hydrogen-bond donors (Lipinski definition) is 3. The quantitative estimate of drug-likeness (QED) is 0.00607. The molecule has 2 aromatic heterocycles. The van der Waals surface area contributed by atoms with Gasteiger partial charge in [0.2, 0.25) is 10.3 Å². The van der Waals surface area contributed by atoms with Gasteiger partial charge in [0.05, 0.1) is 115 Å². The van der Waals surface area contributed by atoms with Gasteiger partial charge in [-0.15, -0.1) is 0 Å². The van der Waals surface area contributed by atoms with Crippen LogP contribution in [-0.4, -0.2) is 118 Å². The Hall–Kier alpha value is -17.2. The van der Waals surface area contributed by atoms with E-state index in [1.54, 1.807) is 122 Å². The SMILES string of the molecule is C=CC(=O)OCCCCCCOc1ccc(-c2ccc(-c3ccc(CCC)cc3)c(/C=N/Nc3nc4ccccc4s3)c2)cc1.C=CC(=O)OCCCCCCOc1ccc(C(=O)Oc2c(/C=N/Nc3nc4ccccc4s3)cc(OC(=O)c3ccc(OCCCC)cc3)c3ccccc23)cc1.C=CC(=O)OCCCCOc1ccc(-c2ccc(C(=O)Oc3ccc(OC)cc3/C=N/Nc3cccc4ccccc34)cc2)cc1. The molecule has 0 saturated heterocycles. The second-order valence-corrected chi connectivity index (χ2v) is 35.9. The molecule has 3 N–H and O–H groups in total. The summed E-state index contributed by atoms with van der Waals surface area (Å²) in [5, 5.41) is 18.0. The van der Waals surface area contributed by atoms with Crippen molar-refractivity contribution in [3.05, 3.63) is 380 Å². The van der Waals surface area contributed by atoms with E-state index in [4.69, 9.17) is 52.1 Å². The van der Waals surface area contributed by atoms with Gasteiger partial charge in [0, 0.05) is 51.1 Å². The summed E-state index contributed by atoms with van der Waals surface area (Å²) in [5.74, 6) is 1.52. The number of ether oxygens (including phenoxy) is 11. The number of rotatable bonds is 50. The van der Waals surface area contributed by atoms with Crippen molar-refractivity contribution >= 4 is 135 Å². The Labute approximate surface area is 868 Å². The third-order valence-electron chi connectivity index (χ3n) is 23.2. The molecule has 0 saturated carbocycles. The lowest BCUT2D eigenvalue weighted by molar-refractivity contribution is -0.138. The Morgan fingerprint density at radius 2 is 0.743 bits per heavy atom. The predicted octanol–water partition coefficient (Wildman–Crippen LogP) is 27.9. The van der Waals surface area contributed by atoms with Crippen LogP contribution in [0.25, 0.3) is 75.4 Å². The van der Waals surface area contributed by atoms with Crippen LogP contribution in [0.5, 0.6) is 46.0 Å². The fourth-order valence-electron chi connectivity index (χ4n) is 15.4. The minimum absolute atomic E-state index is 0.235. The number of hydrogen-bond acceptors (Lipinski definition) is 27. The van der Waals surface area contributed by atoms with Crippen molar-refractivity contribution in [2.75, 3.05) is 69.6 Å². The summed E-state index contributed by atoms with van der Waals surface area (Å²) in [6, 6.07) is 95.9. The van der Waals surface area contributed by atoms with Crippen LogP contribution in [0.15, 0.2) is 357 Å². The standard InChI is InChI=1S/C45H43N3O8S.C38H39N3O3S.C38H34N2O6/c1-3-5-26-52-34-22-18-31(19-23-34)43(50)55-39-29-33(30-46-48-45-47-38-16-10-11-17-40(38)57-45)42(37-15-9-8-14-36(37)39)56-44(51)32-20-24-35(25-21-32)53-27-12-6-7-13-28-54-41(49)4-2;1-3-11-28-14-16-30(17-15-28)34-23-20-31(26-32(34)27-39-41-38-40-35-12-7-8-13-36(35)45-38)29-18-21-33(22-19-29)43-24-9-5-6-10-25-44-37(42)4-2;1-3-37(41)45-24-7-6-23-44-32-19-17-28(18-20-32)27-13-15-30(16-14-27)38(42)46-36-22-21-33(43-2)25-31(36)26-39-40-35-12-8-10-29-9-4-5-11-34(29)35/h4,8-11,14-25,29-30H,2-3,5-7,12-13,26-28H2,1H3,(H,47,48);4,7-8,12-23,26-27H,2-3,5-6,9-11,24-25H2,1H3,(H,40,41);3-5,8-22,25-26,40H,1,6-7,23-24H2,2H3/b46-30+;39-27+;39-26+. The monoisotopic (exact) mass is 2020 g/mol. The van der Waals surface area contributed by atoms with Gasteiger partial charge in [-0.05, 0) is 267 Å². The molecule has 16 rings (SSSR count). The molecule has 2 heterocycles. The molecule has 0 aliphatic heterocycles.